The molecular formula is C14H19ClO5S. The van der Waals surface area contributed by atoms with Gasteiger partial charge in [0.15, 0.2) is 15.6 Å². The molecule has 0 amide bonds. The Bertz CT molecular complexity index is 624. The second-order valence-electron chi connectivity index (χ2n) is 4.97. The van der Waals surface area contributed by atoms with Crippen molar-refractivity contribution in [1.82, 2.24) is 0 Å². The first-order valence-electron chi connectivity index (χ1n) is 6.56. The van der Waals surface area contributed by atoms with E-state index in [0.29, 0.717) is 0 Å². The molecule has 5 nitrogen and oxygen atoms in total. The molecule has 1 aromatic carbocycles. The van der Waals surface area contributed by atoms with Gasteiger partial charge < -0.3 is 9.84 Å². The lowest BCUT2D eigenvalue weighted by Crippen LogP contribution is -2.16. The van der Waals surface area contributed by atoms with Crippen molar-refractivity contribution >= 4 is 27.4 Å². The molecule has 0 saturated carbocycles. The summed E-state index contributed by atoms with van der Waals surface area (Å²) in [5.74, 6) is -1.56. The highest BCUT2D eigenvalue weighted by Crippen LogP contribution is 2.33. The van der Waals surface area contributed by atoms with Crippen molar-refractivity contribution in [1.29, 1.82) is 0 Å². The molecule has 0 aliphatic heterocycles. The van der Waals surface area contributed by atoms with E-state index in [9.17, 15) is 13.2 Å². The van der Waals surface area contributed by atoms with Crippen molar-refractivity contribution in [2.75, 3.05) is 12.9 Å². The number of rotatable bonds is 7. The van der Waals surface area contributed by atoms with Crippen LogP contribution in [0, 0.1) is 5.92 Å². The SMILES string of the molecule is CCCC(C)CS(=O)(=O)c1cc(Cl)cc(C(=O)O)c1OC. The highest BCUT2D eigenvalue weighted by molar-refractivity contribution is 7.91. The first-order chi connectivity index (χ1) is 9.72. The summed E-state index contributed by atoms with van der Waals surface area (Å²) in [5, 5.41) is 9.19. The molecule has 0 aliphatic rings. The zero-order valence-corrected chi connectivity index (χ0v) is 13.8. The van der Waals surface area contributed by atoms with Crippen LogP contribution in [0.4, 0.5) is 0 Å². The molecule has 0 heterocycles. The first kappa shape index (κ1) is 17.8. The monoisotopic (exact) mass is 334 g/mol. The normalized spacial score (nSPS) is 13.0. The lowest BCUT2D eigenvalue weighted by atomic mass is 10.1. The molecule has 1 atom stereocenters. The minimum Gasteiger partial charge on any atom is -0.494 e. The number of benzene rings is 1. The quantitative estimate of drug-likeness (QED) is 0.827. The number of hydrogen-bond acceptors (Lipinski definition) is 4. The molecule has 0 fully saturated rings. The zero-order valence-electron chi connectivity index (χ0n) is 12.2. The Morgan fingerprint density at radius 3 is 2.52 bits per heavy atom. The van der Waals surface area contributed by atoms with Gasteiger partial charge in [-0.2, -0.15) is 0 Å². The van der Waals surface area contributed by atoms with Crippen LogP contribution in [-0.4, -0.2) is 32.4 Å². The molecule has 7 heteroatoms. The van der Waals surface area contributed by atoms with Crippen LogP contribution < -0.4 is 4.74 Å². The highest BCUT2D eigenvalue weighted by atomic mass is 35.5. The van der Waals surface area contributed by atoms with E-state index in [1.165, 1.54) is 19.2 Å². The summed E-state index contributed by atoms with van der Waals surface area (Å²) in [7, 11) is -2.44. The summed E-state index contributed by atoms with van der Waals surface area (Å²) in [4.78, 5) is 11.0. The van der Waals surface area contributed by atoms with Gasteiger partial charge in [-0.3, -0.25) is 0 Å². The largest absolute Gasteiger partial charge is 0.494 e. The van der Waals surface area contributed by atoms with Gasteiger partial charge in [0.25, 0.3) is 0 Å². The number of methoxy groups -OCH3 is 1. The molecule has 0 aromatic heterocycles. The Hall–Kier alpha value is -1.27. The molecule has 118 valence electrons. The molecular weight excluding hydrogens is 316 g/mol. The number of hydrogen-bond donors (Lipinski definition) is 1. The van der Waals surface area contributed by atoms with Gasteiger partial charge in [-0.05, 0) is 24.5 Å². The van der Waals surface area contributed by atoms with Gasteiger partial charge in [-0.25, -0.2) is 13.2 Å². The summed E-state index contributed by atoms with van der Waals surface area (Å²) < 4.78 is 30.0. The van der Waals surface area contributed by atoms with Crippen molar-refractivity contribution in [2.45, 2.75) is 31.6 Å². The smallest absolute Gasteiger partial charge is 0.339 e. The minimum atomic E-state index is -3.68. The van der Waals surface area contributed by atoms with Gasteiger partial charge in [-0.15, -0.1) is 0 Å². The molecule has 0 radical (unpaired) electrons. The standard InChI is InChI=1S/C14H19ClO5S/c1-4-5-9(2)8-21(18,19)12-7-10(15)6-11(14(16)17)13(12)20-3/h6-7,9H,4-5,8H2,1-3H3,(H,16,17). The van der Waals surface area contributed by atoms with Crippen molar-refractivity contribution in [3.8, 4) is 5.75 Å². The molecule has 0 spiro atoms. The fourth-order valence-corrected chi connectivity index (χ4v) is 4.37. The van der Waals surface area contributed by atoms with Crippen LogP contribution in [0.1, 0.15) is 37.0 Å². The average molecular weight is 335 g/mol. The Morgan fingerprint density at radius 2 is 2.05 bits per heavy atom. The van der Waals surface area contributed by atoms with E-state index >= 15 is 0 Å². The topological polar surface area (TPSA) is 80.7 Å². The third-order valence-electron chi connectivity index (χ3n) is 3.07. The summed E-state index contributed by atoms with van der Waals surface area (Å²) >= 11 is 5.84. The maximum absolute atomic E-state index is 12.5. The molecule has 0 bridgehead atoms. The highest BCUT2D eigenvalue weighted by Gasteiger charge is 2.27. The van der Waals surface area contributed by atoms with Crippen molar-refractivity contribution in [3.05, 3.63) is 22.7 Å². The lowest BCUT2D eigenvalue weighted by Gasteiger charge is -2.15. The van der Waals surface area contributed by atoms with Crippen molar-refractivity contribution < 1.29 is 23.1 Å². The molecule has 21 heavy (non-hydrogen) atoms. The van der Waals surface area contributed by atoms with Crippen LogP contribution in [0.15, 0.2) is 17.0 Å². The van der Waals surface area contributed by atoms with E-state index in [1.807, 2.05) is 13.8 Å². The number of ether oxygens (including phenoxy) is 1. The van der Waals surface area contributed by atoms with Crippen molar-refractivity contribution in [3.63, 3.8) is 0 Å². The second-order valence-corrected chi connectivity index (χ2v) is 7.40. The molecule has 1 rings (SSSR count). The third-order valence-corrected chi connectivity index (χ3v) is 5.27. The predicted octanol–water partition coefficient (Wildman–Crippen LogP) is 3.26. The minimum absolute atomic E-state index is 0.0306. The van der Waals surface area contributed by atoms with Crippen LogP contribution in [0.25, 0.3) is 0 Å². The summed E-state index contributed by atoms with van der Waals surface area (Å²) in [6.07, 6.45) is 1.65. The van der Waals surface area contributed by atoms with Crippen LogP contribution in [0.5, 0.6) is 5.75 Å². The van der Waals surface area contributed by atoms with E-state index in [4.69, 9.17) is 21.4 Å². The van der Waals surface area contributed by atoms with Gasteiger partial charge >= 0.3 is 5.97 Å². The van der Waals surface area contributed by atoms with Crippen LogP contribution in [0.3, 0.4) is 0 Å². The van der Waals surface area contributed by atoms with Crippen LogP contribution in [-0.2, 0) is 9.84 Å². The Labute approximate surface area is 129 Å². The summed E-state index contributed by atoms with van der Waals surface area (Å²) in [6.45, 7) is 3.82. The number of sulfone groups is 1. The number of aromatic carboxylic acids is 1. The number of carbonyl (C=O) groups is 1. The molecule has 0 saturated heterocycles. The van der Waals surface area contributed by atoms with Gasteiger partial charge in [0.2, 0.25) is 0 Å². The van der Waals surface area contributed by atoms with E-state index in [-0.39, 0.29) is 32.9 Å². The Kier molecular flexibility index (Phi) is 6.04. The van der Waals surface area contributed by atoms with E-state index in [2.05, 4.69) is 0 Å². The lowest BCUT2D eigenvalue weighted by molar-refractivity contribution is 0.0693. The number of carboxylic acid groups (broad SMARTS) is 1. The zero-order chi connectivity index (χ0) is 16.2. The summed E-state index contributed by atoms with van der Waals surface area (Å²) in [5.41, 5.74) is -0.258. The fourth-order valence-electron chi connectivity index (χ4n) is 2.21. The van der Waals surface area contributed by atoms with Crippen LogP contribution >= 0.6 is 11.6 Å². The first-order valence-corrected chi connectivity index (χ1v) is 8.59. The maximum Gasteiger partial charge on any atom is 0.339 e. The molecule has 1 N–H and O–H groups in total. The maximum atomic E-state index is 12.5. The second kappa shape index (κ2) is 7.13. The van der Waals surface area contributed by atoms with Gasteiger partial charge in [0.05, 0.1) is 12.9 Å². The number of carboxylic acids is 1. The predicted molar refractivity (Wildman–Crippen MR) is 81.1 cm³/mol. The fraction of sp³-hybridized carbons (Fsp3) is 0.500. The third kappa shape index (κ3) is 4.35. The van der Waals surface area contributed by atoms with Crippen LogP contribution in [0.2, 0.25) is 5.02 Å². The van der Waals surface area contributed by atoms with E-state index in [1.54, 1.807) is 0 Å². The van der Waals surface area contributed by atoms with Crippen molar-refractivity contribution in [2.24, 2.45) is 5.92 Å². The van der Waals surface area contributed by atoms with Gasteiger partial charge in [-0.1, -0.05) is 31.9 Å². The average Bonchev–Trinajstić information content (AvgIpc) is 2.37. The van der Waals surface area contributed by atoms with E-state index in [0.717, 1.165) is 12.8 Å². The van der Waals surface area contributed by atoms with Gasteiger partial charge in [0, 0.05) is 5.02 Å². The molecule has 1 aromatic rings. The Balaban J connectivity index is 3.38. The molecule has 1 unspecified atom stereocenters. The Morgan fingerprint density at radius 1 is 1.43 bits per heavy atom. The number of halogens is 1. The molecule has 0 aliphatic carbocycles. The summed E-state index contributed by atoms with van der Waals surface area (Å²) in [6, 6.07) is 2.41. The van der Waals surface area contributed by atoms with E-state index < -0.39 is 15.8 Å². The van der Waals surface area contributed by atoms with Gasteiger partial charge in [0.1, 0.15) is 10.5 Å².